The fourth-order valence-corrected chi connectivity index (χ4v) is 3.21. The molecule has 0 aromatic carbocycles. The molecule has 92 valence electrons. The molecule has 3 atom stereocenters. The van der Waals surface area contributed by atoms with Gasteiger partial charge in [0.15, 0.2) is 0 Å². The van der Waals surface area contributed by atoms with Gasteiger partial charge >= 0.3 is 0 Å². The smallest absolute Gasteiger partial charge is 0.229 e. The second-order valence-corrected chi connectivity index (χ2v) is 6.14. The molecule has 3 nitrogen and oxygen atoms in total. The molecule has 2 saturated heterocycles. The maximum Gasteiger partial charge on any atom is 0.229 e. The third-order valence-corrected chi connectivity index (χ3v) is 4.04. The third-order valence-electron chi connectivity index (χ3n) is 4.04. The zero-order valence-corrected chi connectivity index (χ0v) is 10.8. The van der Waals surface area contributed by atoms with Crippen LogP contribution in [0.25, 0.3) is 0 Å². The second-order valence-electron chi connectivity index (χ2n) is 6.14. The quantitative estimate of drug-likeness (QED) is 0.732. The number of hydrogen-bond acceptors (Lipinski definition) is 2. The van der Waals surface area contributed by atoms with E-state index < -0.39 is 0 Å². The van der Waals surface area contributed by atoms with Crippen LogP contribution in [0, 0.1) is 17.3 Å². The molecular weight excluding hydrogens is 200 g/mol. The highest BCUT2D eigenvalue weighted by atomic mass is 16.2. The van der Waals surface area contributed by atoms with Gasteiger partial charge in [0, 0.05) is 19.6 Å². The molecule has 0 saturated carbocycles. The number of amides is 1. The maximum absolute atomic E-state index is 12.5. The Hall–Kier alpha value is -0.570. The molecule has 2 fully saturated rings. The van der Waals surface area contributed by atoms with Gasteiger partial charge < -0.3 is 10.2 Å². The largest absolute Gasteiger partial charge is 0.342 e. The molecule has 2 rings (SSSR count). The van der Waals surface area contributed by atoms with Crippen LogP contribution in [-0.4, -0.2) is 37.0 Å². The van der Waals surface area contributed by atoms with E-state index >= 15 is 0 Å². The number of nitrogens with zero attached hydrogens (tertiary/aromatic N) is 1. The van der Waals surface area contributed by atoms with Crippen molar-refractivity contribution in [2.75, 3.05) is 26.2 Å². The summed E-state index contributed by atoms with van der Waals surface area (Å²) >= 11 is 0. The molecule has 0 aromatic heterocycles. The van der Waals surface area contributed by atoms with E-state index in [1.807, 2.05) is 0 Å². The van der Waals surface area contributed by atoms with Crippen LogP contribution >= 0.6 is 0 Å². The second kappa shape index (κ2) is 4.36. The van der Waals surface area contributed by atoms with Gasteiger partial charge in [0.05, 0.1) is 5.41 Å². The standard InChI is InChI=1S/C13H24N2O/c1-10-6-11(2)8-15(7-10)12(16)13(3)4-5-14-9-13/h10-11,14H,4-9H2,1-3H3. The Morgan fingerprint density at radius 2 is 1.94 bits per heavy atom. The Labute approximate surface area is 98.6 Å². The molecule has 3 heteroatoms. The summed E-state index contributed by atoms with van der Waals surface area (Å²) in [7, 11) is 0. The molecule has 0 spiro atoms. The highest BCUT2D eigenvalue weighted by Gasteiger charge is 2.40. The molecular formula is C13H24N2O. The van der Waals surface area contributed by atoms with Crippen LogP contribution in [0.5, 0.6) is 0 Å². The van der Waals surface area contributed by atoms with Crippen LogP contribution in [0.3, 0.4) is 0 Å². The Bertz CT molecular complexity index is 261. The molecule has 2 aliphatic heterocycles. The lowest BCUT2D eigenvalue weighted by atomic mass is 9.85. The summed E-state index contributed by atoms with van der Waals surface area (Å²) in [5.74, 6) is 1.69. The van der Waals surface area contributed by atoms with Gasteiger partial charge in [-0.05, 0) is 38.1 Å². The van der Waals surface area contributed by atoms with Crippen molar-refractivity contribution in [2.45, 2.75) is 33.6 Å². The van der Waals surface area contributed by atoms with Gasteiger partial charge in [-0.1, -0.05) is 13.8 Å². The van der Waals surface area contributed by atoms with Crippen LogP contribution < -0.4 is 5.32 Å². The molecule has 3 unspecified atom stereocenters. The van der Waals surface area contributed by atoms with Crippen molar-refractivity contribution in [3.8, 4) is 0 Å². The van der Waals surface area contributed by atoms with E-state index in [-0.39, 0.29) is 5.41 Å². The van der Waals surface area contributed by atoms with Crippen LogP contribution in [0.1, 0.15) is 33.6 Å². The Balaban J connectivity index is 2.03. The van der Waals surface area contributed by atoms with E-state index in [9.17, 15) is 4.79 Å². The van der Waals surface area contributed by atoms with Crippen LogP contribution in [-0.2, 0) is 4.79 Å². The summed E-state index contributed by atoms with van der Waals surface area (Å²) in [5, 5.41) is 3.31. The Morgan fingerprint density at radius 1 is 1.31 bits per heavy atom. The lowest BCUT2D eigenvalue weighted by molar-refractivity contribution is -0.143. The van der Waals surface area contributed by atoms with Gasteiger partial charge in [0.2, 0.25) is 5.91 Å². The number of piperidine rings is 1. The normalized spacial score (nSPS) is 40.1. The third kappa shape index (κ3) is 2.24. The first-order chi connectivity index (χ1) is 7.51. The fraction of sp³-hybridized carbons (Fsp3) is 0.923. The maximum atomic E-state index is 12.5. The van der Waals surface area contributed by atoms with Crippen molar-refractivity contribution in [1.82, 2.24) is 10.2 Å². The van der Waals surface area contributed by atoms with Crippen molar-refractivity contribution >= 4 is 5.91 Å². The van der Waals surface area contributed by atoms with Gasteiger partial charge in [-0.15, -0.1) is 0 Å². The first-order valence-corrected chi connectivity index (χ1v) is 6.51. The average Bonchev–Trinajstić information content (AvgIpc) is 2.64. The Kier molecular flexibility index (Phi) is 3.24. The van der Waals surface area contributed by atoms with Crippen LogP contribution in [0.2, 0.25) is 0 Å². The summed E-state index contributed by atoms with van der Waals surface area (Å²) in [4.78, 5) is 14.6. The van der Waals surface area contributed by atoms with E-state index in [4.69, 9.17) is 0 Å². The van der Waals surface area contributed by atoms with Gasteiger partial charge in [0.1, 0.15) is 0 Å². The van der Waals surface area contributed by atoms with E-state index in [0.717, 1.165) is 32.6 Å². The summed E-state index contributed by atoms with van der Waals surface area (Å²) in [6.45, 7) is 10.4. The molecule has 0 bridgehead atoms. The number of carbonyl (C=O) groups is 1. The van der Waals surface area contributed by atoms with Gasteiger partial charge in [-0.25, -0.2) is 0 Å². The number of nitrogens with one attached hydrogen (secondary N) is 1. The predicted octanol–water partition coefficient (Wildman–Crippen LogP) is 1.49. The number of likely N-dealkylation sites (tertiary alicyclic amines) is 1. The first-order valence-electron chi connectivity index (χ1n) is 6.51. The summed E-state index contributed by atoms with van der Waals surface area (Å²) in [5.41, 5.74) is -0.142. The van der Waals surface area contributed by atoms with Crippen molar-refractivity contribution in [1.29, 1.82) is 0 Å². The molecule has 2 heterocycles. The van der Waals surface area contributed by atoms with E-state index in [0.29, 0.717) is 17.7 Å². The summed E-state index contributed by atoms with van der Waals surface area (Å²) in [6.07, 6.45) is 2.25. The van der Waals surface area contributed by atoms with E-state index in [1.165, 1.54) is 6.42 Å². The summed E-state index contributed by atoms with van der Waals surface area (Å²) < 4.78 is 0. The van der Waals surface area contributed by atoms with E-state index in [1.54, 1.807) is 0 Å². The zero-order valence-electron chi connectivity index (χ0n) is 10.8. The predicted molar refractivity (Wildman–Crippen MR) is 65.1 cm³/mol. The molecule has 1 N–H and O–H groups in total. The summed E-state index contributed by atoms with van der Waals surface area (Å²) in [6, 6.07) is 0. The number of carbonyl (C=O) groups excluding carboxylic acids is 1. The monoisotopic (exact) mass is 224 g/mol. The minimum absolute atomic E-state index is 0.142. The van der Waals surface area contributed by atoms with Crippen molar-refractivity contribution in [3.63, 3.8) is 0 Å². The lowest BCUT2D eigenvalue weighted by Gasteiger charge is -2.39. The van der Waals surface area contributed by atoms with Crippen LogP contribution in [0.15, 0.2) is 0 Å². The van der Waals surface area contributed by atoms with Gasteiger partial charge in [-0.3, -0.25) is 4.79 Å². The van der Waals surface area contributed by atoms with Gasteiger partial charge in [-0.2, -0.15) is 0 Å². The average molecular weight is 224 g/mol. The van der Waals surface area contributed by atoms with E-state index in [2.05, 4.69) is 31.0 Å². The minimum Gasteiger partial charge on any atom is -0.342 e. The topological polar surface area (TPSA) is 32.3 Å². The molecule has 0 aliphatic carbocycles. The number of rotatable bonds is 1. The molecule has 0 aromatic rings. The molecule has 1 amide bonds. The van der Waals surface area contributed by atoms with Crippen molar-refractivity contribution in [2.24, 2.45) is 17.3 Å². The SMILES string of the molecule is CC1CC(C)CN(C(=O)C2(C)CCNC2)C1. The molecule has 0 radical (unpaired) electrons. The number of hydrogen-bond donors (Lipinski definition) is 1. The molecule has 16 heavy (non-hydrogen) atoms. The fourth-order valence-electron chi connectivity index (χ4n) is 3.21. The van der Waals surface area contributed by atoms with Crippen molar-refractivity contribution < 1.29 is 4.79 Å². The minimum atomic E-state index is -0.142. The first kappa shape index (κ1) is 11.9. The van der Waals surface area contributed by atoms with Gasteiger partial charge in [0.25, 0.3) is 0 Å². The zero-order chi connectivity index (χ0) is 11.8. The van der Waals surface area contributed by atoms with Crippen molar-refractivity contribution in [3.05, 3.63) is 0 Å². The highest BCUT2D eigenvalue weighted by molar-refractivity contribution is 5.83. The molecule has 2 aliphatic rings. The highest BCUT2D eigenvalue weighted by Crippen LogP contribution is 2.30. The Morgan fingerprint density at radius 3 is 2.44 bits per heavy atom. The lowest BCUT2D eigenvalue weighted by Crippen LogP contribution is -2.49. The van der Waals surface area contributed by atoms with Crippen LogP contribution in [0.4, 0.5) is 0 Å².